The zero-order valence-corrected chi connectivity index (χ0v) is 14.2. The first-order valence-corrected chi connectivity index (χ1v) is 8.88. The van der Waals surface area contributed by atoms with Crippen molar-refractivity contribution in [2.75, 3.05) is 6.54 Å². The van der Waals surface area contributed by atoms with E-state index in [1.165, 1.54) is 6.07 Å². The number of halogens is 2. The molecule has 1 aromatic carbocycles. The number of nitrogens with one attached hydrogen (secondary N) is 1. The molecule has 0 saturated heterocycles. The molecule has 4 nitrogen and oxygen atoms in total. The summed E-state index contributed by atoms with van der Waals surface area (Å²) in [6.07, 6.45) is 3.93. The maximum Gasteiger partial charge on any atom is 0.226 e. The molecule has 0 radical (unpaired) electrons. The minimum Gasteiger partial charge on any atom is -0.338 e. The fourth-order valence-electron chi connectivity index (χ4n) is 3.84. The van der Waals surface area contributed by atoms with Gasteiger partial charge in [-0.15, -0.1) is 0 Å². The topological polar surface area (TPSA) is 49.0 Å². The van der Waals surface area contributed by atoms with Gasteiger partial charge in [-0.2, -0.15) is 5.10 Å². The number of amides is 1. The molecule has 1 aliphatic heterocycles. The van der Waals surface area contributed by atoms with Gasteiger partial charge in [-0.1, -0.05) is 13.3 Å². The third kappa shape index (κ3) is 2.94. The van der Waals surface area contributed by atoms with Crippen molar-refractivity contribution in [1.29, 1.82) is 0 Å². The number of benzene rings is 1. The molecule has 2 aliphatic rings. The van der Waals surface area contributed by atoms with Gasteiger partial charge in [0.05, 0.1) is 5.69 Å². The van der Waals surface area contributed by atoms with Crippen LogP contribution < -0.4 is 0 Å². The van der Waals surface area contributed by atoms with Crippen LogP contribution in [-0.2, 0) is 17.8 Å². The van der Waals surface area contributed by atoms with E-state index in [0.717, 1.165) is 42.7 Å². The summed E-state index contributed by atoms with van der Waals surface area (Å²) in [4.78, 5) is 14.6. The van der Waals surface area contributed by atoms with Crippen LogP contribution >= 0.6 is 0 Å². The normalized spacial score (nSPS) is 22.0. The Balaban J connectivity index is 1.55. The Bertz CT molecular complexity index is 817. The molecule has 2 aromatic rings. The van der Waals surface area contributed by atoms with Gasteiger partial charge in [-0.05, 0) is 37.0 Å². The van der Waals surface area contributed by atoms with E-state index in [9.17, 15) is 13.6 Å². The summed E-state index contributed by atoms with van der Waals surface area (Å²) in [5, 5.41) is 7.27. The second-order valence-corrected chi connectivity index (χ2v) is 7.06. The molecule has 0 unspecified atom stereocenters. The van der Waals surface area contributed by atoms with Crippen LogP contribution in [-0.4, -0.2) is 27.5 Å². The van der Waals surface area contributed by atoms with E-state index in [0.29, 0.717) is 36.7 Å². The van der Waals surface area contributed by atoms with E-state index in [-0.39, 0.29) is 11.8 Å². The smallest absolute Gasteiger partial charge is 0.226 e. The van der Waals surface area contributed by atoms with E-state index in [2.05, 4.69) is 17.1 Å². The third-order valence-electron chi connectivity index (χ3n) is 5.34. The van der Waals surface area contributed by atoms with Crippen molar-refractivity contribution >= 4 is 5.91 Å². The molecule has 0 spiro atoms. The zero-order chi connectivity index (χ0) is 17.6. The number of hydrogen-bond acceptors (Lipinski definition) is 2. The van der Waals surface area contributed by atoms with Gasteiger partial charge in [0, 0.05) is 42.2 Å². The summed E-state index contributed by atoms with van der Waals surface area (Å²) < 4.78 is 26.7. The van der Waals surface area contributed by atoms with Crippen molar-refractivity contribution in [3.8, 4) is 11.3 Å². The van der Waals surface area contributed by atoms with E-state index in [1.807, 2.05) is 4.90 Å². The number of rotatable bonds is 4. The Morgan fingerprint density at radius 2 is 2.20 bits per heavy atom. The number of carbonyl (C=O) groups is 1. The van der Waals surface area contributed by atoms with Gasteiger partial charge >= 0.3 is 0 Å². The van der Waals surface area contributed by atoms with Gasteiger partial charge in [-0.3, -0.25) is 9.89 Å². The first-order valence-electron chi connectivity index (χ1n) is 8.88. The second kappa shape index (κ2) is 6.24. The summed E-state index contributed by atoms with van der Waals surface area (Å²) in [6.45, 7) is 3.31. The van der Waals surface area contributed by atoms with Gasteiger partial charge in [0.15, 0.2) is 11.6 Å². The molecule has 1 aromatic heterocycles. The highest BCUT2D eigenvalue weighted by Crippen LogP contribution is 2.44. The fraction of sp³-hybridized carbons (Fsp3) is 0.474. The lowest BCUT2D eigenvalue weighted by Gasteiger charge is -2.27. The predicted molar refractivity (Wildman–Crippen MR) is 89.6 cm³/mol. The van der Waals surface area contributed by atoms with Crippen LogP contribution in [0.3, 0.4) is 0 Å². The summed E-state index contributed by atoms with van der Waals surface area (Å²) in [6, 6.07) is 3.79. The van der Waals surface area contributed by atoms with Crippen LogP contribution in [0.5, 0.6) is 0 Å². The SMILES string of the molecule is CCC[C@@H]1C[C@@H]1C(=O)N1CCc2[nH]nc(-c3ccc(F)c(F)c3)c2C1. The quantitative estimate of drug-likeness (QED) is 0.919. The maximum atomic E-state index is 13.6. The standard InChI is InChI=1S/C19H21F2N3O/c1-2-3-11-8-13(11)19(25)24-7-6-17-14(10-24)18(23-22-17)12-4-5-15(20)16(21)9-12/h4-5,9,11,13H,2-3,6-8,10H2,1H3,(H,22,23)/t11-,13+/m1/s1. The molecule has 4 rings (SSSR count). The Kier molecular flexibility index (Phi) is 4.06. The Morgan fingerprint density at radius 1 is 1.36 bits per heavy atom. The molecule has 0 bridgehead atoms. The molecule has 2 heterocycles. The summed E-state index contributed by atoms with van der Waals surface area (Å²) in [5.41, 5.74) is 3.02. The van der Waals surface area contributed by atoms with Gasteiger partial charge in [0.25, 0.3) is 0 Å². The number of hydrogen-bond donors (Lipinski definition) is 1. The molecular formula is C19H21F2N3O. The molecule has 1 fully saturated rings. The summed E-state index contributed by atoms with van der Waals surface area (Å²) in [5.74, 6) is -0.838. The minimum absolute atomic E-state index is 0.167. The minimum atomic E-state index is -0.890. The average Bonchev–Trinajstić information content (AvgIpc) is 3.25. The Labute approximate surface area is 145 Å². The van der Waals surface area contributed by atoms with E-state index in [1.54, 1.807) is 0 Å². The van der Waals surface area contributed by atoms with Gasteiger partial charge in [0.1, 0.15) is 0 Å². The molecule has 1 saturated carbocycles. The third-order valence-corrected chi connectivity index (χ3v) is 5.34. The molecule has 132 valence electrons. The van der Waals surface area contributed by atoms with Crippen molar-refractivity contribution in [2.45, 2.75) is 39.2 Å². The maximum absolute atomic E-state index is 13.6. The highest BCUT2D eigenvalue weighted by atomic mass is 19.2. The molecule has 1 aliphatic carbocycles. The first kappa shape index (κ1) is 16.2. The summed E-state index contributed by atoms with van der Waals surface area (Å²) in [7, 11) is 0. The van der Waals surface area contributed by atoms with Crippen molar-refractivity contribution in [3.05, 3.63) is 41.1 Å². The number of aromatic nitrogens is 2. The number of H-pyrrole nitrogens is 1. The van der Waals surface area contributed by atoms with Gasteiger partial charge in [0.2, 0.25) is 5.91 Å². The van der Waals surface area contributed by atoms with Crippen LogP contribution in [0.15, 0.2) is 18.2 Å². The van der Waals surface area contributed by atoms with Crippen molar-refractivity contribution in [3.63, 3.8) is 0 Å². The molecule has 25 heavy (non-hydrogen) atoms. The zero-order valence-electron chi connectivity index (χ0n) is 14.2. The Hall–Kier alpha value is -2.24. The van der Waals surface area contributed by atoms with Crippen LogP contribution in [0.2, 0.25) is 0 Å². The van der Waals surface area contributed by atoms with E-state index in [4.69, 9.17) is 0 Å². The molecule has 1 amide bonds. The van der Waals surface area contributed by atoms with E-state index >= 15 is 0 Å². The second-order valence-electron chi connectivity index (χ2n) is 7.06. The monoisotopic (exact) mass is 345 g/mol. The number of fused-ring (bicyclic) bond motifs is 1. The average molecular weight is 345 g/mol. The lowest BCUT2D eigenvalue weighted by molar-refractivity contribution is -0.133. The lowest BCUT2D eigenvalue weighted by Crippen LogP contribution is -2.37. The first-order chi connectivity index (χ1) is 12.1. The van der Waals surface area contributed by atoms with Gasteiger partial charge in [-0.25, -0.2) is 8.78 Å². The van der Waals surface area contributed by atoms with Crippen molar-refractivity contribution in [2.24, 2.45) is 11.8 Å². The molecule has 1 N–H and O–H groups in total. The molecule has 2 atom stereocenters. The van der Waals surface area contributed by atoms with Crippen LogP contribution in [0.25, 0.3) is 11.3 Å². The largest absolute Gasteiger partial charge is 0.338 e. The highest BCUT2D eigenvalue weighted by molar-refractivity contribution is 5.82. The van der Waals surface area contributed by atoms with Gasteiger partial charge < -0.3 is 4.90 Å². The molecule has 6 heteroatoms. The summed E-state index contributed by atoms with van der Waals surface area (Å²) >= 11 is 0. The number of aromatic amines is 1. The number of nitrogens with zero attached hydrogens (tertiary/aromatic N) is 2. The van der Waals surface area contributed by atoms with Crippen molar-refractivity contribution in [1.82, 2.24) is 15.1 Å². The predicted octanol–water partition coefficient (Wildman–Crippen LogP) is 3.68. The van der Waals surface area contributed by atoms with Crippen molar-refractivity contribution < 1.29 is 13.6 Å². The Morgan fingerprint density at radius 3 is 2.96 bits per heavy atom. The van der Waals surface area contributed by atoms with Crippen LogP contribution in [0.4, 0.5) is 8.78 Å². The van der Waals surface area contributed by atoms with Crippen LogP contribution in [0, 0.1) is 23.5 Å². The highest BCUT2D eigenvalue weighted by Gasteiger charge is 2.44. The molecular weight excluding hydrogens is 324 g/mol. The fourth-order valence-corrected chi connectivity index (χ4v) is 3.84. The van der Waals surface area contributed by atoms with E-state index < -0.39 is 11.6 Å². The lowest BCUT2D eigenvalue weighted by atomic mass is 10.0. The number of carbonyl (C=O) groups excluding carboxylic acids is 1. The van der Waals surface area contributed by atoms with Crippen LogP contribution in [0.1, 0.15) is 37.4 Å².